The van der Waals surface area contributed by atoms with Crippen molar-refractivity contribution >= 4 is 40.0 Å². The van der Waals surface area contributed by atoms with Crippen molar-refractivity contribution in [1.82, 2.24) is 15.2 Å². The third kappa shape index (κ3) is 5.27. The quantitative estimate of drug-likeness (QED) is 0.270. The molecule has 1 aromatic heterocycles. The zero-order valence-electron chi connectivity index (χ0n) is 27.4. The van der Waals surface area contributed by atoms with Crippen molar-refractivity contribution in [2.75, 3.05) is 36.5 Å². The molecule has 3 aliphatic rings. The van der Waals surface area contributed by atoms with Crippen molar-refractivity contribution in [3.8, 4) is 6.07 Å². The number of rotatable bonds is 6. The van der Waals surface area contributed by atoms with Crippen LogP contribution in [0.25, 0.3) is 10.9 Å². The first kappa shape index (κ1) is 30.7. The first-order valence-corrected chi connectivity index (χ1v) is 16.5. The van der Waals surface area contributed by atoms with Gasteiger partial charge >= 0.3 is 6.03 Å². The first-order chi connectivity index (χ1) is 22.6. The molecule has 2 fully saturated rings. The lowest BCUT2D eigenvalue weighted by atomic mass is 9.70. The van der Waals surface area contributed by atoms with Crippen molar-refractivity contribution in [2.45, 2.75) is 64.5 Å². The number of nitriles is 1. The number of nitrogens with zero attached hydrogens (tertiary/aromatic N) is 4. The fourth-order valence-electron chi connectivity index (χ4n) is 7.75. The van der Waals surface area contributed by atoms with Gasteiger partial charge in [-0.1, -0.05) is 39.0 Å². The van der Waals surface area contributed by atoms with E-state index in [1.807, 2.05) is 30.3 Å². The van der Waals surface area contributed by atoms with Gasteiger partial charge in [0.1, 0.15) is 0 Å². The van der Waals surface area contributed by atoms with Gasteiger partial charge in [-0.15, -0.1) is 0 Å². The van der Waals surface area contributed by atoms with E-state index in [9.17, 15) is 19.6 Å². The van der Waals surface area contributed by atoms with E-state index in [0.29, 0.717) is 24.6 Å². The Labute approximate surface area is 275 Å². The van der Waals surface area contributed by atoms with Crippen molar-refractivity contribution in [3.05, 3.63) is 93.7 Å². The Bertz CT molecular complexity index is 1980. The number of urea groups is 1. The second kappa shape index (κ2) is 11.7. The lowest BCUT2D eigenvalue weighted by Gasteiger charge is -2.40. The van der Waals surface area contributed by atoms with Crippen LogP contribution in [0.4, 0.5) is 16.2 Å². The minimum Gasteiger partial charge on any atom is -0.371 e. The summed E-state index contributed by atoms with van der Waals surface area (Å²) in [5.41, 5.74) is 8.78. The SMILES string of the molecule is CCc1cc2c(cc1N1CCC(N(C)Cc3cccc(N4CCC(=O)NC4=O)c3)CC1)C(C)(C)c1[nH]c3cc(C#N)ccc3c1C2=O. The van der Waals surface area contributed by atoms with E-state index in [-0.39, 0.29) is 17.7 Å². The van der Waals surface area contributed by atoms with E-state index < -0.39 is 5.41 Å². The molecule has 47 heavy (non-hydrogen) atoms. The normalized spacial score (nSPS) is 17.9. The molecule has 0 saturated carbocycles. The summed E-state index contributed by atoms with van der Waals surface area (Å²) >= 11 is 0. The standard InChI is InChI=1S/C38H40N6O3/c1-5-25-19-29-30(38(2,3)36-34(35(29)46)28-10-9-23(21-39)18-31(28)40-36)20-32(25)43-14-11-26(12-15-43)42(4)22-24-7-6-8-27(17-24)44-16-13-33(45)41-37(44)47/h6-10,17-20,26,40H,5,11-16,22H2,1-4H3,(H,41,45,47). The van der Waals surface area contributed by atoms with Crippen LogP contribution in [-0.2, 0) is 23.2 Å². The smallest absolute Gasteiger partial charge is 0.328 e. The number of amides is 3. The Kier molecular flexibility index (Phi) is 7.64. The van der Waals surface area contributed by atoms with Crippen LogP contribution in [0.2, 0.25) is 0 Å². The number of hydrogen-bond donors (Lipinski definition) is 2. The summed E-state index contributed by atoms with van der Waals surface area (Å²) in [6.45, 7) is 9.52. The number of ketones is 1. The first-order valence-electron chi connectivity index (χ1n) is 16.5. The molecule has 0 atom stereocenters. The molecule has 0 spiro atoms. The molecule has 3 heterocycles. The zero-order chi connectivity index (χ0) is 33.0. The fourth-order valence-corrected chi connectivity index (χ4v) is 7.75. The summed E-state index contributed by atoms with van der Waals surface area (Å²) in [7, 11) is 2.17. The van der Waals surface area contributed by atoms with Gasteiger partial charge in [0, 0.05) is 77.6 Å². The van der Waals surface area contributed by atoms with E-state index in [2.05, 4.69) is 72.2 Å². The number of H-pyrrole nitrogens is 1. The lowest BCUT2D eigenvalue weighted by Crippen LogP contribution is -2.49. The van der Waals surface area contributed by atoms with Gasteiger partial charge in [-0.25, -0.2) is 4.79 Å². The predicted octanol–water partition coefficient (Wildman–Crippen LogP) is 6.02. The Morgan fingerprint density at radius 1 is 1.02 bits per heavy atom. The Balaban J connectivity index is 1.09. The number of benzene rings is 3. The third-order valence-corrected chi connectivity index (χ3v) is 10.4. The molecule has 3 amide bonds. The minimum atomic E-state index is -0.414. The highest BCUT2D eigenvalue weighted by molar-refractivity contribution is 6.20. The molecule has 9 heteroatoms. The number of imide groups is 1. The molecule has 2 saturated heterocycles. The molecule has 9 nitrogen and oxygen atoms in total. The molecule has 0 bridgehead atoms. The van der Waals surface area contributed by atoms with Gasteiger partial charge < -0.3 is 9.88 Å². The molecule has 1 aliphatic carbocycles. The van der Waals surface area contributed by atoms with Gasteiger partial charge in [0.15, 0.2) is 5.78 Å². The van der Waals surface area contributed by atoms with Gasteiger partial charge in [-0.3, -0.25) is 24.7 Å². The number of aromatic nitrogens is 1. The van der Waals surface area contributed by atoms with Crippen LogP contribution in [0.1, 0.15) is 83.9 Å². The van der Waals surface area contributed by atoms with Crippen molar-refractivity contribution in [2.24, 2.45) is 0 Å². The topological polar surface area (TPSA) is 113 Å². The average Bonchev–Trinajstić information content (AvgIpc) is 3.47. The number of carbonyl (C=O) groups is 3. The van der Waals surface area contributed by atoms with Crippen molar-refractivity contribution in [3.63, 3.8) is 0 Å². The zero-order valence-corrected chi connectivity index (χ0v) is 27.4. The van der Waals surface area contributed by atoms with Gasteiger partial charge in [0.25, 0.3) is 0 Å². The molecule has 0 radical (unpaired) electrons. The summed E-state index contributed by atoms with van der Waals surface area (Å²) in [4.78, 5) is 48.1. The van der Waals surface area contributed by atoms with E-state index >= 15 is 0 Å². The van der Waals surface area contributed by atoms with Crippen molar-refractivity contribution < 1.29 is 14.4 Å². The van der Waals surface area contributed by atoms with E-state index in [1.165, 1.54) is 11.3 Å². The summed E-state index contributed by atoms with van der Waals surface area (Å²) in [6.07, 6.45) is 3.17. The number of aryl methyl sites for hydroxylation is 1. The van der Waals surface area contributed by atoms with Crippen LogP contribution in [0.3, 0.4) is 0 Å². The largest absolute Gasteiger partial charge is 0.371 e. The van der Waals surface area contributed by atoms with Gasteiger partial charge in [-0.2, -0.15) is 5.26 Å². The summed E-state index contributed by atoms with van der Waals surface area (Å²) in [6, 6.07) is 20.2. The Hall–Kier alpha value is -4.94. The molecule has 2 aliphatic heterocycles. The Morgan fingerprint density at radius 2 is 1.81 bits per heavy atom. The number of hydrogen-bond acceptors (Lipinski definition) is 6. The molecule has 4 aromatic rings. The van der Waals surface area contributed by atoms with E-state index in [4.69, 9.17) is 0 Å². The number of anilines is 2. The van der Waals surface area contributed by atoms with E-state index in [0.717, 1.165) is 83.4 Å². The van der Waals surface area contributed by atoms with Crippen LogP contribution >= 0.6 is 0 Å². The average molecular weight is 629 g/mol. The molecule has 0 unspecified atom stereocenters. The Morgan fingerprint density at radius 3 is 2.53 bits per heavy atom. The maximum absolute atomic E-state index is 14.0. The molecular weight excluding hydrogens is 588 g/mol. The number of aromatic amines is 1. The minimum absolute atomic E-state index is 0.0466. The van der Waals surface area contributed by atoms with Gasteiger partial charge in [0.2, 0.25) is 5.91 Å². The molecule has 240 valence electrons. The highest BCUT2D eigenvalue weighted by Crippen LogP contribution is 2.46. The predicted molar refractivity (Wildman–Crippen MR) is 183 cm³/mol. The van der Waals surface area contributed by atoms with Crippen LogP contribution in [-0.4, -0.2) is 60.3 Å². The highest BCUT2D eigenvalue weighted by Gasteiger charge is 2.41. The number of carbonyl (C=O) groups excluding carboxylic acids is 3. The summed E-state index contributed by atoms with van der Waals surface area (Å²) in [5.74, 6) is -0.184. The monoisotopic (exact) mass is 628 g/mol. The maximum atomic E-state index is 14.0. The van der Waals surface area contributed by atoms with Crippen LogP contribution in [0, 0.1) is 11.3 Å². The fraction of sp³-hybridized carbons (Fsp3) is 0.368. The number of nitrogens with one attached hydrogen (secondary N) is 2. The van der Waals surface area contributed by atoms with Crippen LogP contribution < -0.4 is 15.1 Å². The lowest BCUT2D eigenvalue weighted by molar-refractivity contribution is -0.120. The van der Waals surface area contributed by atoms with E-state index in [1.54, 1.807) is 11.0 Å². The van der Waals surface area contributed by atoms with Crippen molar-refractivity contribution in [1.29, 1.82) is 5.26 Å². The highest BCUT2D eigenvalue weighted by atomic mass is 16.2. The molecular formula is C38H40N6O3. The summed E-state index contributed by atoms with van der Waals surface area (Å²) < 4.78 is 0. The van der Waals surface area contributed by atoms with Crippen LogP contribution in [0.5, 0.6) is 0 Å². The maximum Gasteiger partial charge on any atom is 0.328 e. The summed E-state index contributed by atoms with van der Waals surface area (Å²) in [5, 5.41) is 12.7. The molecule has 7 rings (SSSR count). The van der Waals surface area contributed by atoms with Crippen LogP contribution in [0.15, 0.2) is 54.6 Å². The molecule has 2 N–H and O–H groups in total. The second-order valence-electron chi connectivity index (χ2n) is 13.6. The van der Waals surface area contributed by atoms with Gasteiger partial charge in [-0.05, 0) is 79.4 Å². The third-order valence-electron chi connectivity index (χ3n) is 10.4. The van der Waals surface area contributed by atoms with Gasteiger partial charge in [0.05, 0.1) is 17.2 Å². The number of piperidine rings is 1. The second-order valence-corrected chi connectivity index (χ2v) is 13.6. The molecule has 3 aromatic carbocycles. The number of fused-ring (bicyclic) bond motifs is 4.